The van der Waals surface area contributed by atoms with Crippen LogP contribution in [-0.4, -0.2) is 83.2 Å². The van der Waals surface area contributed by atoms with E-state index in [0.717, 1.165) is 11.1 Å². The van der Waals surface area contributed by atoms with Gasteiger partial charge in [-0.25, -0.2) is 0 Å². The van der Waals surface area contributed by atoms with Crippen molar-refractivity contribution in [3.8, 4) is 0 Å². The first-order valence-corrected chi connectivity index (χ1v) is 10.8. The molecule has 0 saturated heterocycles. The van der Waals surface area contributed by atoms with E-state index in [1.54, 1.807) is 43.0 Å². The fourth-order valence-corrected chi connectivity index (χ4v) is 3.24. The molecule has 0 atom stereocenters. The fraction of sp³-hybridized carbons (Fsp3) is 0.250. The average molecular weight is 469 g/mol. The third kappa shape index (κ3) is 7.25. The molecule has 32 heavy (non-hydrogen) atoms. The van der Waals surface area contributed by atoms with E-state index in [9.17, 15) is 9.90 Å². The molecule has 0 aliphatic heterocycles. The molecule has 2 aromatic rings. The summed E-state index contributed by atoms with van der Waals surface area (Å²) in [7, 11) is 7.00. The summed E-state index contributed by atoms with van der Waals surface area (Å²) in [5.74, 6) is -0.409. The SMILES string of the molecule is CN(C)/N=C/C(C(=O)CN(C)C(=S)c1ccccc1)=C(/O)CN(C)C(=S)c1ccccc1. The lowest BCUT2D eigenvalue weighted by molar-refractivity contribution is -0.115. The molecule has 6 nitrogen and oxygen atoms in total. The number of carbonyl (C=O) groups is 1. The molecule has 0 spiro atoms. The molecule has 0 heterocycles. The van der Waals surface area contributed by atoms with Crippen LogP contribution in [0.15, 0.2) is 77.1 Å². The molecular formula is C24H28N4O2S2. The summed E-state index contributed by atoms with van der Waals surface area (Å²) in [5, 5.41) is 16.5. The van der Waals surface area contributed by atoms with Crippen LogP contribution in [0.5, 0.6) is 0 Å². The minimum Gasteiger partial charge on any atom is -0.510 e. The first-order valence-electron chi connectivity index (χ1n) is 9.98. The Morgan fingerprint density at radius 3 is 1.72 bits per heavy atom. The summed E-state index contributed by atoms with van der Waals surface area (Å²) < 4.78 is 0. The van der Waals surface area contributed by atoms with Crippen molar-refractivity contribution in [2.75, 3.05) is 41.3 Å². The highest BCUT2D eigenvalue weighted by molar-refractivity contribution is 7.80. The van der Waals surface area contributed by atoms with Crippen LogP contribution in [0, 0.1) is 0 Å². The molecule has 1 N–H and O–H groups in total. The minimum atomic E-state index is -0.298. The highest BCUT2D eigenvalue weighted by Crippen LogP contribution is 2.11. The van der Waals surface area contributed by atoms with Gasteiger partial charge >= 0.3 is 0 Å². The van der Waals surface area contributed by atoms with Crippen molar-refractivity contribution in [3.63, 3.8) is 0 Å². The normalized spacial score (nSPS) is 11.6. The first-order chi connectivity index (χ1) is 15.2. The van der Waals surface area contributed by atoms with E-state index in [1.165, 1.54) is 6.21 Å². The Kier molecular flexibility index (Phi) is 9.49. The third-order valence-electron chi connectivity index (χ3n) is 4.53. The number of aliphatic hydroxyl groups excluding tert-OH is 1. The smallest absolute Gasteiger partial charge is 0.187 e. The van der Waals surface area contributed by atoms with Gasteiger partial charge in [-0.05, 0) is 0 Å². The second-order valence-electron chi connectivity index (χ2n) is 7.43. The lowest BCUT2D eigenvalue weighted by Crippen LogP contribution is -2.34. The molecule has 8 heteroatoms. The highest BCUT2D eigenvalue weighted by atomic mass is 32.1. The molecule has 0 saturated carbocycles. The summed E-state index contributed by atoms with van der Waals surface area (Å²) in [6.07, 6.45) is 1.37. The molecule has 168 valence electrons. The van der Waals surface area contributed by atoms with Gasteiger partial charge in [0.15, 0.2) is 5.78 Å². The maximum Gasteiger partial charge on any atom is 0.187 e. The van der Waals surface area contributed by atoms with Gasteiger partial charge in [-0.15, -0.1) is 0 Å². The number of thiocarbonyl (C=S) groups is 2. The topological polar surface area (TPSA) is 59.4 Å². The van der Waals surface area contributed by atoms with E-state index in [-0.39, 0.29) is 30.2 Å². The van der Waals surface area contributed by atoms with Crippen molar-refractivity contribution in [2.45, 2.75) is 0 Å². The van der Waals surface area contributed by atoms with E-state index < -0.39 is 0 Å². The van der Waals surface area contributed by atoms with Gasteiger partial charge in [0.05, 0.1) is 24.9 Å². The second-order valence-corrected chi connectivity index (χ2v) is 8.20. The zero-order valence-electron chi connectivity index (χ0n) is 18.7. The van der Waals surface area contributed by atoms with E-state index in [1.807, 2.05) is 60.7 Å². The van der Waals surface area contributed by atoms with Crippen molar-refractivity contribution in [2.24, 2.45) is 5.10 Å². The summed E-state index contributed by atoms with van der Waals surface area (Å²) in [6.45, 7) is 0.0700. The number of benzene rings is 2. The van der Waals surface area contributed by atoms with Crippen molar-refractivity contribution < 1.29 is 9.90 Å². The third-order valence-corrected chi connectivity index (χ3v) is 5.63. The number of rotatable bonds is 9. The van der Waals surface area contributed by atoms with Crippen LogP contribution < -0.4 is 0 Å². The Labute approximate surface area is 200 Å². The molecule has 0 aliphatic rings. The van der Waals surface area contributed by atoms with Gasteiger partial charge in [0.25, 0.3) is 0 Å². The van der Waals surface area contributed by atoms with Crippen molar-refractivity contribution in [1.29, 1.82) is 0 Å². The molecule has 0 radical (unpaired) electrons. The number of nitrogens with zero attached hydrogens (tertiary/aromatic N) is 4. The number of likely N-dealkylation sites (N-methyl/N-ethyl adjacent to an activating group) is 2. The number of aliphatic hydroxyl groups is 1. The molecule has 2 rings (SSSR count). The monoisotopic (exact) mass is 468 g/mol. The lowest BCUT2D eigenvalue weighted by atomic mass is 10.1. The van der Waals surface area contributed by atoms with Crippen LogP contribution in [0.1, 0.15) is 11.1 Å². The molecule has 0 amide bonds. The quantitative estimate of drug-likeness (QED) is 0.199. The van der Waals surface area contributed by atoms with Crippen LogP contribution in [0.2, 0.25) is 0 Å². The van der Waals surface area contributed by atoms with E-state index in [0.29, 0.717) is 9.98 Å². The Morgan fingerprint density at radius 2 is 1.28 bits per heavy atom. The average Bonchev–Trinajstić information content (AvgIpc) is 2.78. The van der Waals surface area contributed by atoms with Crippen molar-refractivity contribution in [1.82, 2.24) is 14.8 Å². The molecule has 0 aliphatic carbocycles. The van der Waals surface area contributed by atoms with Gasteiger partial charge in [-0.1, -0.05) is 85.1 Å². The highest BCUT2D eigenvalue weighted by Gasteiger charge is 2.20. The van der Waals surface area contributed by atoms with Crippen LogP contribution >= 0.6 is 24.4 Å². The predicted octanol–water partition coefficient (Wildman–Crippen LogP) is 3.53. The Bertz CT molecular complexity index is 1010. The first kappa shape index (κ1) is 25.2. The molecule has 0 bridgehead atoms. The van der Waals surface area contributed by atoms with Gasteiger partial charge in [0.2, 0.25) is 0 Å². The molecular weight excluding hydrogens is 440 g/mol. The van der Waals surface area contributed by atoms with Crippen molar-refractivity contribution >= 4 is 46.4 Å². The lowest BCUT2D eigenvalue weighted by Gasteiger charge is -2.22. The van der Waals surface area contributed by atoms with Crippen molar-refractivity contribution in [3.05, 3.63) is 83.1 Å². The molecule has 0 fully saturated rings. The van der Waals surface area contributed by atoms with Gasteiger partial charge in [-0.3, -0.25) is 4.79 Å². The molecule has 0 unspecified atom stereocenters. The summed E-state index contributed by atoms with van der Waals surface area (Å²) in [5.41, 5.74) is 1.83. The van der Waals surface area contributed by atoms with Crippen LogP contribution in [0.25, 0.3) is 0 Å². The molecule has 2 aromatic carbocycles. The summed E-state index contributed by atoms with van der Waals surface area (Å²) in [6, 6.07) is 19.0. The summed E-state index contributed by atoms with van der Waals surface area (Å²) >= 11 is 11.0. The Morgan fingerprint density at radius 1 is 0.844 bits per heavy atom. The fourth-order valence-electron chi connectivity index (χ4n) is 2.84. The standard InChI is InChI=1S/C24H28N4O2S2/c1-26(2)25-15-20(21(29)16-27(3)23(31)18-11-7-5-8-12-18)22(30)17-28(4)24(32)19-13-9-6-10-14-19/h5-15,29H,16-17H2,1-4H3/b21-20-,25-15+. The zero-order chi connectivity index (χ0) is 23.7. The minimum absolute atomic E-state index is 0.000580. The van der Waals surface area contributed by atoms with Crippen LogP contribution in [0.4, 0.5) is 0 Å². The number of hydrazone groups is 1. The zero-order valence-corrected chi connectivity index (χ0v) is 20.4. The van der Waals surface area contributed by atoms with Gasteiger partial charge < -0.3 is 19.9 Å². The van der Waals surface area contributed by atoms with E-state index >= 15 is 0 Å². The maximum absolute atomic E-state index is 13.1. The Hall–Kier alpha value is -3.10. The van der Waals surface area contributed by atoms with Crippen LogP contribution in [0.3, 0.4) is 0 Å². The van der Waals surface area contributed by atoms with Gasteiger partial charge in [-0.2, -0.15) is 5.10 Å². The molecule has 0 aromatic heterocycles. The number of hydrogen-bond donors (Lipinski definition) is 1. The van der Waals surface area contributed by atoms with E-state index in [2.05, 4.69) is 5.10 Å². The van der Waals surface area contributed by atoms with Crippen LogP contribution in [-0.2, 0) is 4.79 Å². The maximum atomic E-state index is 13.1. The Balaban J connectivity index is 2.21. The largest absolute Gasteiger partial charge is 0.510 e. The predicted molar refractivity (Wildman–Crippen MR) is 138 cm³/mol. The second kappa shape index (κ2) is 12.1. The van der Waals surface area contributed by atoms with Gasteiger partial charge in [0.1, 0.15) is 15.7 Å². The number of ketones is 1. The van der Waals surface area contributed by atoms with E-state index in [4.69, 9.17) is 24.4 Å². The number of carbonyl (C=O) groups excluding carboxylic acids is 1. The van der Waals surface area contributed by atoms with Gasteiger partial charge in [0, 0.05) is 39.3 Å². The summed E-state index contributed by atoms with van der Waals surface area (Å²) in [4.78, 5) is 17.6. The number of hydrogen-bond acceptors (Lipinski definition) is 6. The number of Topliss-reactive ketones (excluding diaryl/α,β-unsaturated/α-hetero) is 1.